The van der Waals surface area contributed by atoms with E-state index in [2.05, 4.69) is 63.1 Å². The minimum atomic E-state index is -0.0309. The number of nitrogens with one attached hydrogen (secondary N) is 1. The molecule has 4 heteroatoms. The van der Waals surface area contributed by atoms with Gasteiger partial charge in [0.2, 0.25) is 0 Å². The number of rotatable bonds is 8. The van der Waals surface area contributed by atoms with Gasteiger partial charge in [0.1, 0.15) is 5.82 Å². The van der Waals surface area contributed by atoms with Crippen LogP contribution in [0, 0.1) is 0 Å². The molecule has 3 aromatic rings. The molecule has 1 aromatic heterocycles. The summed E-state index contributed by atoms with van der Waals surface area (Å²) in [7, 11) is 0. The van der Waals surface area contributed by atoms with Crippen molar-refractivity contribution >= 4 is 11.7 Å². The number of aromatic nitrogens is 1. The Balaban J connectivity index is 2.02. The SMILES string of the molecule is CC(C)N(C(=O)c1ccccc1[C@H](C)[C@@H](Nc1ccccn1)c1ccccc1)C(C)C. The monoisotopic (exact) mass is 415 g/mol. The third-order valence-corrected chi connectivity index (χ3v) is 5.66. The number of carbonyl (C=O) groups excluding carboxylic acids is 1. The summed E-state index contributed by atoms with van der Waals surface area (Å²) >= 11 is 0. The Labute approximate surface area is 186 Å². The first-order chi connectivity index (χ1) is 14.9. The summed E-state index contributed by atoms with van der Waals surface area (Å²) in [5.74, 6) is 0.945. The molecular weight excluding hydrogens is 382 g/mol. The van der Waals surface area contributed by atoms with Crippen LogP contribution in [0.15, 0.2) is 79.0 Å². The van der Waals surface area contributed by atoms with Crippen LogP contribution in [0.1, 0.15) is 68.1 Å². The topological polar surface area (TPSA) is 45.2 Å². The molecule has 3 rings (SSSR count). The Bertz CT molecular complexity index is 962. The molecular formula is C27H33N3O. The van der Waals surface area contributed by atoms with E-state index in [0.717, 1.165) is 22.5 Å². The average molecular weight is 416 g/mol. The van der Waals surface area contributed by atoms with E-state index in [1.165, 1.54) is 0 Å². The lowest BCUT2D eigenvalue weighted by atomic mass is 9.85. The number of benzene rings is 2. The molecule has 0 spiro atoms. The molecule has 1 heterocycles. The molecule has 2 atom stereocenters. The molecule has 0 unspecified atom stereocenters. The summed E-state index contributed by atoms with van der Waals surface area (Å²) in [6.45, 7) is 10.5. The van der Waals surface area contributed by atoms with Crippen molar-refractivity contribution in [1.29, 1.82) is 0 Å². The highest BCUT2D eigenvalue weighted by Gasteiger charge is 2.28. The summed E-state index contributed by atoms with van der Waals surface area (Å²) in [5, 5.41) is 3.60. The smallest absolute Gasteiger partial charge is 0.254 e. The molecule has 162 valence electrons. The van der Waals surface area contributed by atoms with Gasteiger partial charge in [0.15, 0.2) is 0 Å². The fourth-order valence-electron chi connectivity index (χ4n) is 4.24. The summed E-state index contributed by atoms with van der Waals surface area (Å²) in [6, 6.07) is 24.4. The van der Waals surface area contributed by atoms with Crippen LogP contribution in [0.4, 0.5) is 5.82 Å². The highest BCUT2D eigenvalue weighted by molar-refractivity contribution is 5.96. The molecule has 0 aliphatic carbocycles. The Morgan fingerprint density at radius 2 is 1.42 bits per heavy atom. The second-order valence-corrected chi connectivity index (χ2v) is 8.52. The number of pyridine rings is 1. The Hall–Kier alpha value is -3.14. The fourth-order valence-corrected chi connectivity index (χ4v) is 4.24. The number of amides is 1. The van der Waals surface area contributed by atoms with E-state index in [1.54, 1.807) is 6.20 Å². The Morgan fingerprint density at radius 1 is 0.806 bits per heavy atom. The van der Waals surface area contributed by atoms with Crippen molar-refractivity contribution in [2.45, 2.75) is 58.7 Å². The van der Waals surface area contributed by atoms with Gasteiger partial charge < -0.3 is 10.2 Å². The number of carbonyl (C=O) groups is 1. The Kier molecular flexibility index (Phi) is 7.45. The van der Waals surface area contributed by atoms with Crippen molar-refractivity contribution in [3.05, 3.63) is 95.7 Å². The van der Waals surface area contributed by atoms with Gasteiger partial charge in [-0.05, 0) is 57.0 Å². The maximum atomic E-state index is 13.6. The molecule has 2 aromatic carbocycles. The second-order valence-electron chi connectivity index (χ2n) is 8.52. The van der Waals surface area contributed by atoms with Crippen molar-refractivity contribution in [2.75, 3.05) is 5.32 Å². The minimum absolute atomic E-state index is 0.0309. The first-order valence-electron chi connectivity index (χ1n) is 11.0. The van der Waals surface area contributed by atoms with Gasteiger partial charge in [0.05, 0.1) is 6.04 Å². The van der Waals surface area contributed by atoms with Crippen molar-refractivity contribution in [2.24, 2.45) is 0 Å². The van der Waals surface area contributed by atoms with Crippen LogP contribution < -0.4 is 5.32 Å². The predicted molar refractivity (Wildman–Crippen MR) is 128 cm³/mol. The number of hydrogen-bond donors (Lipinski definition) is 1. The normalized spacial score (nSPS) is 13.1. The molecule has 0 saturated heterocycles. The lowest BCUT2D eigenvalue weighted by molar-refractivity contribution is 0.0642. The van der Waals surface area contributed by atoms with E-state index in [0.29, 0.717) is 0 Å². The van der Waals surface area contributed by atoms with E-state index < -0.39 is 0 Å². The highest BCUT2D eigenvalue weighted by atomic mass is 16.2. The summed E-state index contributed by atoms with van der Waals surface area (Å²) < 4.78 is 0. The van der Waals surface area contributed by atoms with Crippen LogP contribution in [-0.2, 0) is 0 Å². The molecule has 31 heavy (non-hydrogen) atoms. The zero-order valence-electron chi connectivity index (χ0n) is 19.1. The van der Waals surface area contributed by atoms with Gasteiger partial charge in [-0.3, -0.25) is 4.79 Å². The summed E-state index contributed by atoms with van der Waals surface area (Å²) in [4.78, 5) is 20.0. The lowest BCUT2D eigenvalue weighted by Gasteiger charge is -2.33. The zero-order valence-corrected chi connectivity index (χ0v) is 19.1. The van der Waals surface area contributed by atoms with Crippen molar-refractivity contribution < 1.29 is 4.79 Å². The van der Waals surface area contributed by atoms with Gasteiger partial charge in [-0.1, -0.05) is 61.5 Å². The summed E-state index contributed by atoms with van der Waals surface area (Å²) in [5.41, 5.74) is 2.96. The quantitative estimate of drug-likeness (QED) is 0.470. The molecule has 0 fully saturated rings. The average Bonchev–Trinajstić information content (AvgIpc) is 2.78. The maximum Gasteiger partial charge on any atom is 0.254 e. The van der Waals surface area contributed by atoms with Crippen molar-refractivity contribution in [1.82, 2.24) is 9.88 Å². The molecule has 0 aliphatic heterocycles. The van der Waals surface area contributed by atoms with Crippen LogP contribution >= 0.6 is 0 Å². The fraction of sp³-hybridized carbons (Fsp3) is 0.333. The third-order valence-electron chi connectivity index (χ3n) is 5.66. The van der Waals surface area contributed by atoms with Gasteiger partial charge >= 0.3 is 0 Å². The Morgan fingerprint density at radius 3 is 2.03 bits per heavy atom. The minimum Gasteiger partial charge on any atom is -0.363 e. The molecule has 0 aliphatic rings. The van der Waals surface area contributed by atoms with Gasteiger partial charge in [0.25, 0.3) is 5.91 Å². The van der Waals surface area contributed by atoms with Gasteiger partial charge in [-0.2, -0.15) is 0 Å². The second kappa shape index (κ2) is 10.3. The molecule has 0 bridgehead atoms. The van der Waals surface area contributed by atoms with E-state index >= 15 is 0 Å². The van der Waals surface area contributed by atoms with Crippen LogP contribution in [0.25, 0.3) is 0 Å². The van der Waals surface area contributed by atoms with Gasteiger partial charge in [-0.25, -0.2) is 4.98 Å². The highest BCUT2D eigenvalue weighted by Crippen LogP contribution is 2.35. The number of nitrogens with zero attached hydrogens (tertiary/aromatic N) is 2. The first-order valence-corrected chi connectivity index (χ1v) is 11.0. The third kappa shape index (κ3) is 5.32. The van der Waals surface area contributed by atoms with Crippen molar-refractivity contribution in [3.8, 4) is 0 Å². The summed E-state index contributed by atoms with van der Waals surface area (Å²) in [6.07, 6.45) is 1.79. The predicted octanol–water partition coefficient (Wildman–Crippen LogP) is 6.30. The molecule has 1 amide bonds. The molecule has 1 N–H and O–H groups in total. The maximum absolute atomic E-state index is 13.6. The lowest BCUT2D eigenvalue weighted by Crippen LogP contribution is -2.42. The largest absolute Gasteiger partial charge is 0.363 e. The van der Waals surface area contributed by atoms with Crippen LogP contribution in [-0.4, -0.2) is 27.9 Å². The van der Waals surface area contributed by atoms with E-state index in [4.69, 9.17) is 0 Å². The molecule has 0 saturated carbocycles. The van der Waals surface area contributed by atoms with E-state index in [9.17, 15) is 4.79 Å². The standard InChI is InChI=1S/C27H33N3O/c1-19(2)30(20(3)4)27(31)24-16-10-9-15-23(24)21(5)26(22-13-7-6-8-14-22)29-25-17-11-12-18-28-25/h6-21,26H,1-5H3,(H,28,29)/t21-,26+/m0/s1. The number of hydrogen-bond acceptors (Lipinski definition) is 3. The number of anilines is 1. The van der Waals surface area contributed by atoms with Crippen LogP contribution in [0.2, 0.25) is 0 Å². The van der Waals surface area contributed by atoms with E-state index in [1.807, 2.05) is 59.5 Å². The van der Waals surface area contributed by atoms with Crippen LogP contribution in [0.5, 0.6) is 0 Å². The van der Waals surface area contributed by atoms with E-state index in [-0.39, 0.29) is 30.0 Å². The van der Waals surface area contributed by atoms with Gasteiger partial charge in [-0.15, -0.1) is 0 Å². The molecule has 0 radical (unpaired) electrons. The van der Waals surface area contributed by atoms with Gasteiger partial charge in [0, 0.05) is 29.8 Å². The molecule has 4 nitrogen and oxygen atoms in total. The first kappa shape index (κ1) is 22.5. The van der Waals surface area contributed by atoms with Crippen molar-refractivity contribution in [3.63, 3.8) is 0 Å². The zero-order chi connectivity index (χ0) is 22.4. The van der Waals surface area contributed by atoms with Crippen LogP contribution in [0.3, 0.4) is 0 Å².